The van der Waals surface area contributed by atoms with Crippen LogP contribution in [-0.2, 0) is 14.8 Å². The van der Waals surface area contributed by atoms with Gasteiger partial charge in [-0.3, -0.25) is 0 Å². The van der Waals surface area contributed by atoms with Crippen LogP contribution < -0.4 is 5.14 Å². The van der Waals surface area contributed by atoms with E-state index in [0.29, 0.717) is 0 Å². The van der Waals surface area contributed by atoms with E-state index in [0.717, 1.165) is 13.4 Å². The van der Waals surface area contributed by atoms with E-state index in [1.54, 1.807) is 0 Å². The molecule has 2 N–H and O–H groups in total. The number of nitrogens with two attached hydrogens (primary N) is 1. The van der Waals surface area contributed by atoms with Gasteiger partial charge in [-0.05, 0) is 6.07 Å². The minimum atomic E-state index is -4.01. The number of methoxy groups -OCH3 is 1. The van der Waals surface area contributed by atoms with E-state index < -0.39 is 21.1 Å². The molecule has 1 aromatic heterocycles. The molecule has 0 amide bonds. The Labute approximate surface area is 74.3 Å². The van der Waals surface area contributed by atoms with Gasteiger partial charge in [-0.2, -0.15) is 0 Å². The van der Waals surface area contributed by atoms with Crippen molar-refractivity contribution in [2.45, 2.75) is 5.09 Å². The van der Waals surface area contributed by atoms with E-state index >= 15 is 0 Å². The van der Waals surface area contributed by atoms with Crippen molar-refractivity contribution in [1.82, 2.24) is 0 Å². The monoisotopic (exact) mass is 205 g/mol. The Kier molecular flexibility index (Phi) is 2.39. The standard InChI is InChI=1S/C6H7NO5S/c1-11-5(8)4-2-3-12-6(4)13(7,9)10/h2-3H,1H3,(H2,7,9,10). The van der Waals surface area contributed by atoms with Gasteiger partial charge >= 0.3 is 5.97 Å². The average molecular weight is 205 g/mol. The summed E-state index contributed by atoms with van der Waals surface area (Å²) in [5.74, 6) is -0.808. The number of primary sulfonamides is 1. The summed E-state index contributed by atoms with van der Waals surface area (Å²) in [6.45, 7) is 0. The maximum Gasteiger partial charge on any atom is 0.342 e. The molecule has 13 heavy (non-hydrogen) atoms. The number of hydrogen-bond acceptors (Lipinski definition) is 5. The highest BCUT2D eigenvalue weighted by molar-refractivity contribution is 7.89. The molecule has 0 aliphatic rings. The molecule has 0 atom stereocenters. The second kappa shape index (κ2) is 3.19. The summed E-state index contributed by atoms with van der Waals surface area (Å²) < 4.78 is 30.5. The number of rotatable bonds is 2. The molecule has 0 fully saturated rings. The third-order valence-electron chi connectivity index (χ3n) is 1.29. The summed E-state index contributed by atoms with van der Waals surface area (Å²) in [5.41, 5.74) is -0.204. The van der Waals surface area contributed by atoms with Gasteiger partial charge in [0, 0.05) is 0 Å². The first kappa shape index (κ1) is 9.75. The summed E-state index contributed by atoms with van der Waals surface area (Å²) >= 11 is 0. The van der Waals surface area contributed by atoms with Crippen molar-refractivity contribution in [1.29, 1.82) is 0 Å². The maximum atomic E-state index is 10.9. The maximum absolute atomic E-state index is 10.9. The van der Waals surface area contributed by atoms with Crippen LogP contribution in [-0.4, -0.2) is 21.5 Å². The fourth-order valence-corrected chi connectivity index (χ4v) is 1.42. The lowest BCUT2D eigenvalue weighted by Crippen LogP contribution is -2.15. The lowest BCUT2D eigenvalue weighted by Gasteiger charge is -1.97. The second-order valence-electron chi connectivity index (χ2n) is 2.16. The fraction of sp³-hybridized carbons (Fsp3) is 0.167. The number of hydrogen-bond donors (Lipinski definition) is 1. The number of sulfonamides is 1. The van der Waals surface area contributed by atoms with Gasteiger partial charge < -0.3 is 9.15 Å². The SMILES string of the molecule is COC(=O)c1ccoc1S(N)(=O)=O. The zero-order valence-corrected chi connectivity index (χ0v) is 7.50. The zero-order chi connectivity index (χ0) is 10.1. The first-order chi connectivity index (χ1) is 5.96. The van der Waals surface area contributed by atoms with Crippen molar-refractivity contribution < 1.29 is 22.4 Å². The van der Waals surface area contributed by atoms with Crippen LogP contribution in [0.1, 0.15) is 10.4 Å². The molecule has 7 heteroatoms. The highest BCUT2D eigenvalue weighted by Crippen LogP contribution is 2.15. The highest BCUT2D eigenvalue weighted by Gasteiger charge is 2.23. The Morgan fingerprint density at radius 1 is 1.62 bits per heavy atom. The lowest BCUT2D eigenvalue weighted by molar-refractivity contribution is 0.0593. The molecule has 0 spiro atoms. The number of carbonyl (C=O) groups excluding carboxylic acids is 1. The van der Waals surface area contributed by atoms with Crippen molar-refractivity contribution in [3.05, 3.63) is 17.9 Å². The Balaban J connectivity index is 3.26. The van der Waals surface area contributed by atoms with Crippen molar-refractivity contribution in [2.24, 2.45) is 5.14 Å². The summed E-state index contributed by atoms with van der Waals surface area (Å²) in [4.78, 5) is 10.9. The van der Waals surface area contributed by atoms with Gasteiger partial charge in [0.1, 0.15) is 5.56 Å². The molecule has 1 aromatic rings. The molecule has 0 bridgehead atoms. The van der Waals surface area contributed by atoms with E-state index in [9.17, 15) is 13.2 Å². The number of furan rings is 1. The van der Waals surface area contributed by atoms with E-state index in [-0.39, 0.29) is 5.56 Å². The van der Waals surface area contributed by atoms with Crippen LogP contribution in [0.5, 0.6) is 0 Å². The first-order valence-corrected chi connectivity index (χ1v) is 4.70. The van der Waals surface area contributed by atoms with Gasteiger partial charge in [-0.15, -0.1) is 0 Å². The zero-order valence-electron chi connectivity index (χ0n) is 6.68. The van der Waals surface area contributed by atoms with E-state index in [2.05, 4.69) is 9.15 Å². The molecule has 0 unspecified atom stereocenters. The molecule has 72 valence electrons. The highest BCUT2D eigenvalue weighted by atomic mass is 32.2. The van der Waals surface area contributed by atoms with Gasteiger partial charge in [-0.25, -0.2) is 18.4 Å². The van der Waals surface area contributed by atoms with Crippen molar-refractivity contribution in [2.75, 3.05) is 7.11 Å². The summed E-state index contributed by atoms with van der Waals surface area (Å²) in [7, 11) is -2.89. The van der Waals surface area contributed by atoms with Crippen LogP contribution in [0.2, 0.25) is 0 Å². The van der Waals surface area contributed by atoms with Crippen molar-refractivity contribution in [3.63, 3.8) is 0 Å². The van der Waals surface area contributed by atoms with Gasteiger partial charge in [0.25, 0.3) is 10.0 Å². The molecular formula is C6H7NO5S. The first-order valence-electron chi connectivity index (χ1n) is 3.15. The van der Waals surface area contributed by atoms with Crippen molar-refractivity contribution in [3.8, 4) is 0 Å². The average Bonchev–Trinajstić information content (AvgIpc) is 2.49. The smallest absolute Gasteiger partial charge is 0.342 e. The predicted octanol–water partition coefficient (Wildman–Crippen LogP) is -0.286. The Hall–Kier alpha value is -1.34. The number of esters is 1. The van der Waals surface area contributed by atoms with E-state index in [1.807, 2.05) is 0 Å². The quantitative estimate of drug-likeness (QED) is 0.669. The summed E-state index contributed by atoms with van der Waals surface area (Å²) in [6, 6.07) is 1.17. The normalized spacial score (nSPS) is 11.2. The fourth-order valence-electron chi connectivity index (χ4n) is 0.777. The number of carbonyl (C=O) groups is 1. The third kappa shape index (κ3) is 1.87. The molecule has 1 rings (SSSR count). The molecule has 1 heterocycles. The largest absolute Gasteiger partial charge is 0.465 e. The van der Waals surface area contributed by atoms with Crippen LogP contribution in [0.15, 0.2) is 21.8 Å². The van der Waals surface area contributed by atoms with Crippen LogP contribution >= 0.6 is 0 Å². The molecule has 0 aromatic carbocycles. The minimum Gasteiger partial charge on any atom is -0.465 e. The van der Waals surface area contributed by atoms with Gasteiger partial charge in [-0.1, -0.05) is 0 Å². The summed E-state index contributed by atoms with van der Waals surface area (Å²) in [6.07, 6.45) is 1.05. The minimum absolute atomic E-state index is 0.204. The van der Waals surface area contributed by atoms with E-state index in [4.69, 9.17) is 5.14 Å². The molecule has 6 nitrogen and oxygen atoms in total. The van der Waals surface area contributed by atoms with Gasteiger partial charge in [0.05, 0.1) is 13.4 Å². The Morgan fingerprint density at radius 3 is 2.69 bits per heavy atom. The third-order valence-corrected chi connectivity index (χ3v) is 2.13. The number of ether oxygens (including phenoxy) is 1. The second-order valence-corrected chi connectivity index (χ2v) is 3.62. The van der Waals surface area contributed by atoms with Crippen molar-refractivity contribution >= 4 is 16.0 Å². The molecule has 0 aliphatic carbocycles. The molecule has 0 saturated carbocycles. The lowest BCUT2D eigenvalue weighted by atomic mass is 10.3. The molecule has 0 aliphatic heterocycles. The molecule has 0 radical (unpaired) electrons. The Bertz CT molecular complexity index is 418. The summed E-state index contributed by atoms with van der Waals surface area (Å²) in [5, 5.41) is 4.18. The molecule has 0 saturated heterocycles. The predicted molar refractivity (Wildman–Crippen MR) is 41.4 cm³/mol. The Morgan fingerprint density at radius 2 is 2.23 bits per heavy atom. The molecular weight excluding hydrogens is 198 g/mol. The van der Waals surface area contributed by atoms with Crippen LogP contribution in [0.4, 0.5) is 0 Å². The van der Waals surface area contributed by atoms with E-state index in [1.165, 1.54) is 6.07 Å². The van der Waals surface area contributed by atoms with Gasteiger partial charge in [0.2, 0.25) is 5.09 Å². The topological polar surface area (TPSA) is 99.6 Å². The van der Waals surface area contributed by atoms with Gasteiger partial charge in [0.15, 0.2) is 0 Å². The van der Waals surface area contributed by atoms with Crippen LogP contribution in [0, 0.1) is 0 Å². The van der Waals surface area contributed by atoms with Crippen LogP contribution in [0.25, 0.3) is 0 Å². The van der Waals surface area contributed by atoms with Crippen LogP contribution in [0.3, 0.4) is 0 Å².